The van der Waals surface area contributed by atoms with Crippen LogP contribution in [0.3, 0.4) is 0 Å². The van der Waals surface area contributed by atoms with Crippen molar-refractivity contribution in [2.45, 2.75) is 13.8 Å². The third-order valence-electron chi connectivity index (χ3n) is 2.72. The van der Waals surface area contributed by atoms with Gasteiger partial charge in [-0.25, -0.2) is 4.99 Å². The number of aromatic amines is 1. The Balaban J connectivity index is 2.45. The molecule has 20 heavy (non-hydrogen) atoms. The van der Waals surface area contributed by atoms with Crippen LogP contribution in [0.2, 0.25) is 5.02 Å². The zero-order chi connectivity index (χ0) is 14.7. The lowest BCUT2D eigenvalue weighted by Crippen LogP contribution is -2.24. The molecule has 1 aromatic carbocycles. The average Bonchev–Trinajstić information content (AvgIpc) is 2.77. The van der Waals surface area contributed by atoms with Crippen LogP contribution in [-0.2, 0) is 0 Å². The molecule has 0 aliphatic rings. The monoisotopic (exact) mass is 356 g/mol. The maximum Gasteiger partial charge on any atom is 0.190 e. The number of nitrogens with zero attached hydrogens (tertiary/aromatic N) is 2. The van der Waals surface area contributed by atoms with Crippen LogP contribution in [0.1, 0.15) is 13.8 Å². The summed E-state index contributed by atoms with van der Waals surface area (Å²) in [7, 11) is 0. The molecule has 0 bridgehead atoms. The zero-order valence-electron chi connectivity index (χ0n) is 11.0. The molecule has 0 unspecified atom stereocenters. The maximum absolute atomic E-state index is 9.06. The fourth-order valence-corrected chi connectivity index (χ4v) is 2.34. The summed E-state index contributed by atoms with van der Waals surface area (Å²) in [5.74, 6) is 0.931. The molecule has 0 spiro atoms. The standard InChI is InChI=1S/C13H14BrClN4O/c1-7(2)12(19-20)16-13-10(14)11(17-18-13)8-5-3-4-6-9(8)15/h3-7,20H,1-2H3,(H2,16,17,18,19). The molecule has 3 N–H and O–H groups in total. The van der Waals surface area contributed by atoms with E-state index in [1.165, 1.54) is 0 Å². The minimum Gasteiger partial charge on any atom is -0.290 e. The second kappa shape index (κ2) is 6.39. The molecule has 7 heteroatoms. The van der Waals surface area contributed by atoms with Gasteiger partial charge in [-0.05, 0) is 22.0 Å². The molecule has 1 aromatic heterocycles. The summed E-state index contributed by atoms with van der Waals surface area (Å²) >= 11 is 9.63. The molecule has 0 amide bonds. The van der Waals surface area contributed by atoms with Crippen molar-refractivity contribution in [3.8, 4) is 11.3 Å². The number of amidine groups is 1. The molecule has 0 radical (unpaired) electrons. The highest BCUT2D eigenvalue weighted by molar-refractivity contribution is 9.10. The van der Waals surface area contributed by atoms with Crippen LogP contribution in [0.5, 0.6) is 0 Å². The minimum absolute atomic E-state index is 0.0485. The molecular weight excluding hydrogens is 344 g/mol. The second-order valence-corrected chi connectivity index (χ2v) is 5.68. The third-order valence-corrected chi connectivity index (χ3v) is 3.80. The van der Waals surface area contributed by atoms with Crippen LogP contribution < -0.4 is 5.48 Å². The Labute approximate surface area is 130 Å². The van der Waals surface area contributed by atoms with Gasteiger partial charge in [0.1, 0.15) is 5.84 Å². The lowest BCUT2D eigenvalue weighted by Gasteiger charge is -2.06. The van der Waals surface area contributed by atoms with Crippen molar-refractivity contribution in [3.05, 3.63) is 33.8 Å². The smallest absolute Gasteiger partial charge is 0.190 e. The number of nitrogens with one attached hydrogen (secondary N) is 2. The molecule has 2 rings (SSSR count). The molecular formula is C13H14BrClN4O. The topological polar surface area (TPSA) is 73.3 Å². The molecule has 0 aliphatic heterocycles. The number of halogens is 2. The Hall–Kier alpha value is -1.37. The first-order valence-corrected chi connectivity index (χ1v) is 7.19. The number of H-pyrrole nitrogens is 1. The van der Waals surface area contributed by atoms with Gasteiger partial charge in [0.25, 0.3) is 0 Å². The van der Waals surface area contributed by atoms with Gasteiger partial charge in [0.15, 0.2) is 5.82 Å². The van der Waals surface area contributed by atoms with E-state index in [0.29, 0.717) is 21.1 Å². The highest BCUT2D eigenvalue weighted by atomic mass is 79.9. The number of hydrogen-bond donors (Lipinski definition) is 3. The summed E-state index contributed by atoms with van der Waals surface area (Å²) in [5.41, 5.74) is 3.66. The second-order valence-electron chi connectivity index (χ2n) is 4.48. The molecule has 2 aromatic rings. The largest absolute Gasteiger partial charge is 0.290 e. The van der Waals surface area contributed by atoms with E-state index < -0.39 is 0 Å². The number of benzene rings is 1. The summed E-state index contributed by atoms with van der Waals surface area (Å²) in [6.07, 6.45) is 0. The van der Waals surface area contributed by atoms with E-state index >= 15 is 0 Å². The van der Waals surface area contributed by atoms with Gasteiger partial charge in [-0.2, -0.15) is 5.10 Å². The maximum atomic E-state index is 9.06. The molecule has 5 nitrogen and oxygen atoms in total. The normalized spacial score (nSPS) is 12.0. The van der Waals surface area contributed by atoms with Crippen molar-refractivity contribution in [1.29, 1.82) is 0 Å². The molecule has 0 fully saturated rings. The number of aromatic nitrogens is 2. The summed E-state index contributed by atoms with van der Waals surface area (Å²) in [4.78, 5) is 4.28. The van der Waals surface area contributed by atoms with Gasteiger partial charge in [0, 0.05) is 16.5 Å². The molecule has 106 valence electrons. The summed E-state index contributed by atoms with van der Waals surface area (Å²) < 4.78 is 0.694. The Morgan fingerprint density at radius 3 is 2.75 bits per heavy atom. The molecule has 0 saturated carbocycles. The van der Waals surface area contributed by atoms with E-state index in [2.05, 4.69) is 36.6 Å². The van der Waals surface area contributed by atoms with Gasteiger partial charge < -0.3 is 0 Å². The van der Waals surface area contributed by atoms with Crippen molar-refractivity contribution >= 4 is 39.2 Å². The first-order valence-electron chi connectivity index (χ1n) is 6.02. The number of hydrogen-bond acceptors (Lipinski definition) is 3. The van der Waals surface area contributed by atoms with Crippen molar-refractivity contribution in [2.75, 3.05) is 0 Å². The fraction of sp³-hybridized carbons (Fsp3) is 0.231. The quantitative estimate of drug-likeness (QED) is 0.439. The minimum atomic E-state index is 0.0485. The van der Waals surface area contributed by atoms with Gasteiger partial charge in [-0.15, -0.1) is 0 Å². The lowest BCUT2D eigenvalue weighted by molar-refractivity contribution is 0.228. The fourth-order valence-electron chi connectivity index (χ4n) is 1.63. The van der Waals surface area contributed by atoms with E-state index in [4.69, 9.17) is 16.8 Å². The Morgan fingerprint density at radius 2 is 2.15 bits per heavy atom. The van der Waals surface area contributed by atoms with Crippen LogP contribution in [0, 0.1) is 5.92 Å². The van der Waals surface area contributed by atoms with Crippen molar-refractivity contribution < 1.29 is 5.21 Å². The van der Waals surface area contributed by atoms with Crippen LogP contribution >= 0.6 is 27.5 Å². The van der Waals surface area contributed by atoms with E-state index in [0.717, 1.165) is 11.3 Å². The Morgan fingerprint density at radius 1 is 1.45 bits per heavy atom. The molecule has 0 aliphatic carbocycles. The van der Waals surface area contributed by atoms with E-state index in [1.54, 1.807) is 0 Å². The van der Waals surface area contributed by atoms with Crippen LogP contribution in [-0.4, -0.2) is 21.2 Å². The predicted octanol–water partition coefficient (Wildman–Crippen LogP) is 4.16. The highest BCUT2D eigenvalue weighted by Crippen LogP contribution is 2.36. The Kier molecular flexibility index (Phi) is 4.80. The van der Waals surface area contributed by atoms with Crippen LogP contribution in [0.4, 0.5) is 5.82 Å². The van der Waals surface area contributed by atoms with E-state index in [9.17, 15) is 0 Å². The number of hydroxylamine groups is 1. The zero-order valence-corrected chi connectivity index (χ0v) is 13.3. The van der Waals surface area contributed by atoms with Crippen molar-refractivity contribution in [2.24, 2.45) is 10.9 Å². The van der Waals surface area contributed by atoms with Gasteiger partial charge in [0.2, 0.25) is 0 Å². The van der Waals surface area contributed by atoms with Gasteiger partial charge in [-0.1, -0.05) is 43.6 Å². The molecule has 0 saturated heterocycles. The van der Waals surface area contributed by atoms with E-state index in [1.807, 2.05) is 38.1 Å². The highest BCUT2D eigenvalue weighted by Gasteiger charge is 2.15. The van der Waals surface area contributed by atoms with E-state index in [-0.39, 0.29) is 5.92 Å². The number of aliphatic imine (C=N–C) groups is 1. The summed E-state index contributed by atoms with van der Waals surface area (Å²) in [6, 6.07) is 7.46. The number of rotatable bonds is 3. The van der Waals surface area contributed by atoms with Gasteiger partial charge in [0.05, 0.1) is 10.2 Å². The lowest BCUT2D eigenvalue weighted by atomic mass is 10.1. The first kappa shape index (κ1) is 15.0. The summed E-state index contributed by atoms with van der Waals surface area (Å²) in [5, 5.41) is 16.7. The predicted molar refractivity (Wildman–Crippen MR) is 83.6 cm³/mol. The first-order chi connectivity index (χ1) is 9.54. The molecule has 0 atom stereocenters. The van der Waals surface area contributed by atoms with Crippen LogP contribution in [0.15, 0.2) is 33.7 Å². The molecule has 1 heterocycles. The Bertz CT molecular complexity index is 639. The van der Waals surface area contributed by atoms with Crippen molar-refractivity contribution in [1.82, 2.24) is 15.7 Å². The SMILES string of the molecule is CC(C)C(=Nc1n[nH]c(-c2ccccc2Cl)c1Br)NO. The summed E-state index contributed by atoms with van der Waals surface area (Å²) in [6.45, 7) is 3.83. The van der Waals surface area contributed by atoms with Crippen LogP contribution in [0.25, 0.3) is 11.3 Å². The third kappa shape index (κ3) is 3.03. The van der Waals surface area contributed by atoms with Gasteiger partial charge >= 0.3 is 0 Å². The average molecular weight is 358 g/mol. The van der Waals surface area contributed by atoms with Gasteiger partial charge in [-0.3, -0.25) is 15.8 Å². The van der Waals surface area contributed by atoms with Crippen molar-refractivity contribution in [3.63, 3.8) is 0 Å².